The molecule has 0 bridgehead atoms. The summed E-state index contributed by atoms with van der Waals surface area (Å²) in [5.74, 6) is 0.584. The fourth-order valence-electron chi connectivity index (χ4n) is 1.85. The van der Waals surface area contributed by atoms with Crippen molar-refractivity contribution >= 4 is 15.8 Å². The Morgan fingerprint density at radius 1 is 1.53 bits per heavy atom. The molecule has 6 nitrogen and oxygen atoms in total. The van der Waals surface area contributed by atoms with Gasteiger partial charge in [0.2, 0.25) is 10.0 Å². The first-order valence-electron chi connectivity index (χ1n) is 5.59. The van der Waals surface area contributed by atoms with Gasteiger partial charge < -0.3 is 5.73 Å². The van der Waals surface area contributed by atoms with Crippen molar-refractivity contribution in [1.29, 1.82) is 0 Å². The molecule has 0 unspecified atom stereocenters. The number of aromatic nitrogens is 2. The number of nitrogens with two attached hydrogens (primary N) is 1. The van der Waals surface area contributed by atoms with Gasteiger partial charge in [-0.1, -0.05) is 0 Å². The van der Waals surface area contributed by atoms with Crippen LogP contribution in [-0.2, 0) is 17.1 Å². The highest BCUT2D eigenvalue weighted by Gasteiger charge is 2.32. The van der Waals surface area contributed by atoms with Crippen LogP contribution in [0.3, 0.4) is 0 Å². The summed E-state index contributed by atoms with van der Waals surface area (Å²) in [6, 6.07) is 0. The number of anilines is 1. The highest BCUT2D eigenvalue weighted by molar-refractivity contribution is 7.89. The van der Waals surface area contributed by atoms with E-state index in [4.69, 9.17) is 5.73 Å². The van der Waals surface area contributed by atoms with Gasteiger partial charge in [-0.05, 0) is 25.7 Å². The molecule has 2 N–H and O–H groups in total. The van der Waals surface area contributed by atoms with Crippen LogP contribution in [0.2, 0.25) is 0 Å². The lowest BCUT2D eigenvalue weighted by molar-refractivity contribution is 0.452. The summed E-state index contributed by atoms with van der Waals surface area (Å²) in [6.45, 7) is 2.28. The largest absolute Gasteiger partial charge is 0.381 e. The fourth-order valence-corrected chi connectivity index (χ4v) is 3.38. The minimum Gasteiger partial charge on any atom is -0.381 e. The van der Waals surface area contributed by atoms with Crippen LogP contribution in [-0.4, -0.2) is 36.1 Å². The number of rotatable bonds is 4. The van der Waals surface area contributed by atoms with Gasteiger partial charge in [0.25, 0.3) is 0 Å². The molecular formula is C10H18N4O2S. The van der Waals surface area contributed by atoms with E-state index in [1.54, 1.807) is 21.0 Å². The maximum atomic E-state index is 12.3. The highest BCUT2D eigenvalue weighted by Crippen LogP contribution is 2.32. The van der Waals surface area contributed by atoms with Crippen molar-refractivity contribution in [2.24, 2.45) is 13.0 Å². The fraction of sp³-hybridized carbons (Fsp3) is 0.700. The number of hydrogen-bond acceptors (Lipinski definition) is 4. The van der Waals surface area contributed by atoms with Gasteiger partial charge in [-0.2, -0.15) is 5.10 Å². The number of hydrogen-bond donors (Lipinski definition) is 1. The Labute approximate surface area is 101 Å². The van der Waals surface area contributed by atoms with Crippen LogP contribution in [0.4, 0.5) is 5.82 Å². The van der Waals surface area contributed by atoms with E-state index >= 15 is 0 Å². The van der Waals surface area contributed by atoms with Crippen molar-refractivity contribution in [2.45, 2.75) is 24.7 Å². The molecule has 0 atom stereocenters. The summed E-state index contributed by atoms with van der Waals surface area (Å²) in [5.41, 5.74) is 6.25. The highest BCUT2D eigenvalue weighted by atomic mass is 32.2. The second-order valence-electron chi connectivity index (χ2n) is 4.65. The summed E-state index contributed by atoms with van der Waals surface area (Å²) in [4.78, 5) is 0.142. The number of nitrogens with zero attached hydrogens (tertiary/aromatic N) is 3. The lowest BCUT2D eigenvalue weighted by atomic mass is 10.4. The van der Waals surface area contributed by atoms with E-state index in [1.165, 1.54) is 8.99 Å². The maximum Gasteiger partial charge on any atom is 0.248 e. The first-order valence-corrected chi connectivity index (χ1v) is 7.03. The molecule has 17 heavy (non-hydrogen) atoms. The molecule has 7 heteroatoms. The third-order valence-electron chi connectivity index (χ3n) is 3.18. The van der Waals surface area contributed by atoms with Crippen molar-refractivity contribution in [3.05, 3.63) is 5.69 Å². The summed E-state index contributed by atoms with van der Waals surface area (Å²) in [5, 5.41) is 3.94. The molecule has 1 aromatic heterocycles. The number of nitrogen functional groups attached to an aromatic ring is 1. The number of aryl methyl sites for hydroxylation is 1. The molecule has 1 fully saturated rings. The second-order valence-corrected chi connectivity index (χ2v) is 6.63. The quantitative estimate of drug-likeness (QED) is 0.844. The molecule has 0 radical (unpaired) electrons. The van der Waals surface area contributed by atoms with Crippen molar-refractivity contribution in [3.63, 3.8) is 0 Å². The Hall–Kier alpha value is -1.08. The van der Waals surface area contributed by atoms with Crippen LogP contribution >= 0.6 is 0 Å². The predicted octanol–water partition coefficient (Wildman–Crippen LogP) is 0.341. The van der Waals surface area contributed by atoms with E-state index < -0.39 is 10.0 Å². The van der Waals surface area contributed by atoms with E-state index in [9.17, 15) is 8.42 Å². The smallest absolute Gasteiger partial charge is 0.248 e. The van der Waals surface area contributed by atoms with Gasteiger partial charge in [-0.3, -0.25) is 4.68 Å². The zero-order valence-corrected chi connectivity index (χ0v) is 11.2. The predicted molar refractivity (Wildman–Crippen MR) is 64.9 cm³/mol. The van der Waals surface area contributed by atoms with E-state index in [-0.39, 0.29) is 10.7 Å². The summed E-state index contributed by atoms with van der Waals surface area (Å²) < 4.78 is 27.6. The molecule has 96 valence electrons. The van der Waals surface area contributed by atoms with Crippen LogP contribution < -0.4 is 5.73 Å². The zero-order valence-electron chi connectivity index (χ0n) is 10.3. The average Bonchev–Trinajstić information content (AvgIpc) is 2.96. The third kappa shape index (κ3) is 2.16. The molecule has 0 spiro atoms. The lowest BCUT2D eigenvalue weighted by Crippen LogP contribution is -2.29. The molecule has 0 amide bonds. The van der Waals surface area contributed by atoms with E-state index in [1.807, 2.05) is 0 Å². The van der Waals surface area contributed by atoms with Crippen LogP contribution in [0, 0.1) is 12.8 Å². The minimum atomic E-state index is -3.51. The van der Waals surface area contributed by atoms with Crippen LogP contribution in [0.15, 0.2) is 4.90 Å². The molecule has 1 aromatic rings. The summed E-state index contributed by atoms with van der Waals surface area (Å²) in [7, 11) is -0.227. The van der Waals surface area contributed by atoms with E-state index in [0.29, 0.717) is 18.2 Å². The van der Waals surface area contributed by atoms with Crippen molar-refractivity contribution < 1.29 is 8.42 Å². The molecule has 0 aliphatic heterocycles. The summed E-state index contributed by atoms with van der Waals surface area (Å²) >= 11 is 0. The Kier molecular flexibility index (Phi) is 2.90. The molecule has 0 aromatic carbocycles. The molecule has 1 heterocycles. The van der Waals surface area contributed by atoms with E-state index in [0.717, 1.165) is 12.8 Å². The van der Waals surface area contributed by atoms with Gasteiger partial charge >= 0.3 is 0 Å². The van der Waals surface area contributed by atoms with Gasteiger partial charge in [0.1, 0.15) is 4.90 Å². The minimum absolute atomic E-state index is 0.0765. The molecule has 1 saturated carbocycles. The molecule has 1 aliphatic carbocycles. The molecule has 0 saturated heterocycles. The Balaban J connectivity index is 2.36. The summed E-state index contributed by atoms with van der Waals surface area (Å²) in [6.07, 6.45) is 2.22. The first-order chi connectivity index (χ1) is 7.84. The average molecular weight is 258 g/mol. The third-order valence-corrected chi connectivity index (χ3v) is 5.18. The van der Waals surface area contributed by atoms with Crippen LogP contribution in [0.5, 0.6) is 0 Å². The van der Waals surface area contributed by atoms with Crippen molar-refractivity contribution in [1.82, 2.24) is 14.1 Å². The van der Waals surface area contributed by atoms with Crippen LogP contribution in [0.25, 0.3) is 0 Å². The van der Waals surface area contributed by atoms with Gasteiger partial charge in [0.05, 0.1) is 5.69 Å². The monoisotopic (exact) mass is 258 g/mol. The van der Waals surface area contributed by atoms with Gasteiger partial charge in [-0.25, -0.2) is 12.7 Å². The van der Waals surface area contributed by atoms with Gasteiger partial charge in [0.15, 0.2) is 5.82 Å². The normalized spacial score (nSPS) is 16.7. The standard InChI is InChI=1S/C10H18N4O2S/c1-7-9(10(11)12-14(7)3)17(15,16)13(2)6-8-4-5-8/h8H,4-6H2,1-3H3,(H2,11,12). The topological polar surface area (TPSA) is 81.2 Å². The zero-order chi connectivity index (χ0) is 12.8. The Morgan fingerprint density at radius 2 is 2.12 bits per heavy atom. The van der Waals surface area contributed by atoms with E-state index in [2.05, 4.69) is 5.10 Å². The second kappa shape index (κ2) is 3.99. The van der Waals surface area contributed by atoms with Gasteiger partial charge in [-0.15, -0.1) is 0 Å². The molecule has 2 rings (SSSR count). The Bertz CT molecular complexity index is 531. The van der Waals surface area contributed by atoms with Crippen molar-refractivity contribution in [3.8, 4) is 0 Å². The number of sulfonamides is 1. The van der Waals surface area contributed by atoms with Crippen LogP contribution in [0.1, 0.15) is 18.5 Å². The lowest BCUT2D eigenvalue weighted by Gasteiger charge is -2.16. The first kappa shape index (κ1) is 12.4. The van der Waals surface area contributed by atoms with Gasteiger partial charge in [0, 0.05) is 20.6 Å². The maximum absolute atomic E-state index is 12.3. The SMILES string of the molecule is Cc1c(S(=O)(=O)N(C)CC2CC2)c(N)nn1C. The molecular weight excluding hydrogens is 240 g/mol. The van der Waals surface area contributed by atoms with Crippen molar-refractivity contribution in [2.75, 3.05) is 19.3 Å². The Morgan fingerprint density at radius 3 is 2.53 bits per heavy atom. The molecule has 1 aliphatic rings.